The van der Waals surface area contributed by atoms with Gasteiger partial charge in [0.1, 0.15) is 11.8 Å². The number of halogens is 1. The summed E-state index contributed by atoms with van der Waals surface area (Å²) in [6.07, 6.45) is 0.963. The first kappa shape index (κ1) is 21.8. The fraction of sp³-hybridized carbons (Fsp3) is 0.286. The number of nitrogens with zero attached hydrogens (tertiary/aromatic N) is 5. The molecule has 1 aromatic carbocycles. The average Bonchev–Trinajstić information content (AvgIpc) is 2.95. The predicted molar refractivity (Wildman–Crippen MR) is 106 cm³/mol. The number of non-ortho nitro benzene ring substituents is 1. The number of thiazole rings is 1. The minimum absolute atomic E-state index is 0.00302. The van der Waals surface area contributed by atoms with Gasteiger partial charge < -0.3 is 5.32 Å². The monoisotopic (exact) mass is 488 g/mol. The number of anilines is 1. The molecule has 28 heavy (non-hydrogen) atoms. The van der Waals surface area contributed by atoms with Gasteiger partial charge in [-0.05, 0) is 22.9 Å². The number of benzene rings is 1. The van der Waals surface area contributed by atoms with E-state index in [1.54, 1.807) is 6.92 Å². The number of hydrogen-bond acceptors (Lipinski definition) is 11. The Balaban J connectivity index is 2.16. The Bertz CT molecular complexity index is 1080. The lowest BCUT2D eigenvalue weighted by Crippen LogP contribution is -2.12. The molecule has 1 N–H and O–H groups in total. The van der Waals surface area contributed by atoms with Gasteiger partial charge in [-0.1, -0.05) is 11.3 Å². The molecule has 11 nitrogen and oxygen atoms in total. The van der Waals surface area contributed by atoms with Crippen molar-refractivity contribution in [1.82, 2.24) is 4.98 Å². The molecule has 14 heteroatoms. The summed E-state index contributed by atoms with van der Waals surface area (Å²) >= 11 is 4.34. The summed E-state index contributed by atoms with van der Waals surface area (Å²) in [5, 5.41) is 32.1. The van der Waals surface area contributed by atoms with Gasteiger partial charge >= 0.3 is 0 Å². The summed E-state index contributed by atoms with van der Waals surface area (Å²) in [4.78, 5) is 14.5. The van der Waals surface area contributed by atoms with Crippen LogP contribution in [0.15, 0.2) is 26.8 Å². The van der Waals surface area contributed by atoms with E-state index < -0.39 is 15.0 Å². The van der Waals surface area contributed by atoms with Crippen molar-refractivity contribution in [2.75, 3.05) is 24.7 Å². The van der Waals surface area contributed by atoms with Crippen LogP contribution in [0.4, 0.5) is 21.5 Å². The predicted octanol–water partition coefficient (Wildman–Crippen LogP) is 3.80. The molecule has 0 saturated heterocycles. The Labute approximate surface area is 172 Å². The molecule has 0 fully saturated rings. The molecule has 0 amide bonds. The standard InChI is InChI=1S/C14H13BrN6O5S2/c1-8-13(27-14(18-8)17-3-4-26-28(2,24)25)20-19-12-9(7-16)5-10(21(22)23)6-11(12)15/h5-6H,3-4H2,1-2H3,(H,17,18). The second-order valence-corrected chi connectivity index (χ2v) is 8.73. The molecule has 2 rings (SSSR count). The van der Waals surface area contributed by atoms with Crippen LogP contribution in [-0.2, 0) is 14.3 Å². The summed E-state index contributed by atoms with van der Waals surface area (Å²) in [6.45, 7) is 1.89. The van der Waals surface area contributed by atoms with Crippen LogP contribution in [0.2, 0.25) is 0 Å². The third-order valence-corrected chi connectivity index (χ3v) is 5.27. The highest BCUT2D eigenvalue weighted by Gasteiger charge is 2.16. The number of aryl methyl sites for hydroxylation is 1. The molecule has 0 radical (unpaired) electrons. The van der Waals surface area contributed by atoms with Crippen molar-refractivity contribution >= 4 is 58.9 Å². The fourth-order valence-corrected chi connectivity index (χ4v) is 3.61. The van der Waals surface area contributed by atoms with E-state index in [2.05, 4.69) is 40.6 Å². The van der Waals surface area contributed by atoms with Crippen LogP contribution in [0.1, 0.15) is 11.3 Å². The van der Waals surface area contributed by atoms with Crippen molar-refractivity contribution in [2.24, 2.45) is 10.2 Å². The summed E-state index contributed by atoms with van der Waals surface area (Å²) in [6, 6.07) is 4.22. The van der Waals surface area contributed by atoms with Crippen LogP contribution in [0.25, 0.3) is 0 Å². The number of azo groups is 1. The lowest BCUT2D eigenvalue weighted by molar-refractivity contribution is -0.384. The van der Waals surface area contributed by atoms with Gasteiger partial charge in [-0.25, -0.2) is 4.98 Å². The second-order valence-electron chi connectivity index (χ2n) is 5.26. The number of hydrogen-bond donors (Lipinski definition) is 1. The first-order valence-electron chi connectivity index (χ1n) is 7.46. The van der Waals surface area contributed by atoms with E-state index in [0.29, 0.717) is 15.8 Å². The maximum absolute atomic E-state index is 10.9. The van der Waals surface area contributed by atoms with Gasteiger partial charge in [0.15, 0.2) is 10.1 Å². The van der Waals surface area contributed by atoms with E-state index in [-0.39, 0.29) is 34.6 Å². The summed E-state index contributed by atoms with van der Waals surface area (Å²) in [7, 11) is -3.50. The Morgan fingerprint density at radius 3 is 2.79 bits per heavy atom. The fourth-order valence-electron chi connectivity index (χ4n) is 1.88. The molecule has 0 aliphatic carbocycles. The van der Waals surface area contributed by atoms with Gasteiger partial charge in [-0.2, -0.15) is 13.7 Å². The van der Waals surface area contributed by atoms with Crippen molar-refractivity contribution in [3.05, 3.63) is 38.0 Å². The minimum atomic E-state index is -3.50. The van der Waals surface area contributed by atoms with E-state index in [1.807, 2.05) is 6.07 Å². The normalized spacial score (nSPS) is 11.5. The second kappa shape index (κ2) is 9.15. The quantitative estimate of drug-likeness (QED) is 0.193. The van der Waals surface area contributed by atoms with Gasteiger partial charge in [0.2, 0.25) is 0 Å². The highest BCUT2D eigenvalue weighted by atomic mass is 79.9. The average molecular weight is 489 g/mol. The molecular formula is C14H13BrN6O5S2. The van der Waals surface area contributed by atoms with E-state index in [9.17, 15) is 23.8 Å². The Morgan fingerprint density at radius 1 is 1.46 bits per heavy atom. The molecule has 0 bridgehead atoms. The van der Waals surface area contributed by atoms with E-state index in [1.165, 1.54) is 17.4 Å². The summed E-state index contributed by atoms with van der Waals surface area (Å²) in [5.74, 6) is 0. The third-order valence-electron chi connectivity index (χ3n) is 3.07. The molecule has 2 aromatic rings. The van der Waals surface area contributed by atoms with Crippen molar-refractivity contribution in [2.45, 2.75) is 6.92 Å². The maximum Gasteiger partial charge on any atom is 0.272 e. The Hall–Kier alpha value is -2.47. The molecule has 1 heterocycles. The summed E-state index contributed by atoms with van der Waals surface area (Å²) < 4.78 is 26.7. The van der Waals surface area contributed by atoms with Crippen molar-refractivity contribution in [3.8, 4) is 6.07 Å². The number of nitro groups is 1. The van der Waals surface area contributed by atoms with Crippen LogP contribution < -0.4 is 5.32 Å². The van der Waals surface area contributed by atoms with E-state index >= 15 is 0 Å². The molecule has 148 valence electrons. The molecule has 0 aliphatic rings. The maximum atomic E-state index is 10.9. The van der Waals surface area contributed by atoms with Crippen LogP contribution in [0.5, 0.6) is 0 Å². The van der Waals surface area contributed by atoms with E-state index in [4.69, 9.17) is 0 Å². The largest absolute Gasteiger partial charge is 0.359 e. The van der Waals surface area contributed by atoms with Gasteiger partial charge in [-0.3, -0.25) is 14.3 Å². The number of aromatic nitrogens is 1. The van der Waals surface area contributed by atoms with Crippen molar-refractivity contribution in [3.63, 3.8) is 0 Å². The Kier molecular flexibility index (Phi) is 7.13. The molecular weight excluding hydrogens is 476 g/mol. The van der Waals surface area contributed by atoms with Gasteiger partial charge in [0.25, 0.3) is 15.8 Å². The molecule has 0 saturated carbocycles. The number of nitrogens with one attached hydrogen (secondary N) is 1. The summed E-state index contributed by atoms with van der Waals surface area (Å²) in [5.41, 5.74) is 0.496. The smallest absolute Gasteiger partial charge is 0.272 e. The SMILES string of the molecule is Cc1nc(NCCOS(C)(=O)=O)sc1N=Nc1c(Br)cc([N+](=O)[O-])cc1C#N. The highest BCUT2D eigenvalue weighted by Crippen LogP contribution is 2.37. The molecule has 0 unspecified atom stereocenters. The van der Waals surface area contributed by atoms with Crippen LogP contribution in [-0.4, -0.2) is 37.7 Å². The number of nitro benzene ring substituents is 1. The lowest BCUT2D eigenvalue weighted by Gasteiger charge is -2.01. The lowest BCUT2D eigenvalue weighted by atomic mass is 10.2. The van der Waals surface area contributed by atoms with Crippen molar-refractivity contribution < 1.29 is 17.5 Å². The minimum Gasteiger partial charge on any atom is -0.359 e. The zero-order valence-corrected chi connectivity index (χ0v) is 17.8. The van der Waals surface area contributed by atoms with Crippen LogP contribution >= 0.6 is 27.3 Å². The van der Waals surface area contributed by atoms with Gasteiger partial charge in [-0.15, -0.1) is 10.2 Å². The van der Waals surface area contributed by atoms with Gasteiger partial charge in [0.05, 0.1) is 33.5 Å². The molecule has 0 atom stereocenters. The Morgan fingerprint density at radius 2 is 2.18 bits per heavy atom. The molecule has 0 spiro atoms. The van der Waals surface area contributed by atoms with Gasteiger partial charge in [0, 0.05) is 18.7 Å². The zero-order valence-electron chi connectivity index (χ0n) is 14.5. The van der Waals surface area contributed by atoms with Crippen LogP contribution in [0, 0.1) is 28.4 Å². The zero-order chi connectivity index (χ0) is 20.9. The first-order valence-corrected chi connectivity index (χ1v) is 10.9. The third kappa shape index (κ3) is 6.02. The van der Waals surface area contributed by atoms with Crippen molar-refractivity contribution in [1.29, 1.82) is 5.26 Å². The first-order chi connectivity index (χ1) is 13.1. The van der Waals surface area contributed by atoms with Crippen LogP contribution in [0.3, 0.4) is 0 Å². The number of nitriles is 1. The topological polar surface area (TPSA) is 160 Å². The highest BCUT2D eigenvalue weighted by molar-refractivity contribution is 9.10. The van der Waals surface area contributed by atoms with E-state index in [0.717, 1.165) is 12.3 Å². The molecule has 0 aliphatic heterocycles. The molecule has 1 aromatic heterocycles. The number of rotatable bonds is 8.